The molecule has 5 aromatic carbocycles. The van der Waals surface area contributed by atoms with E-state index in [1.165, 1.54) is 10.8 Å². The molecule has 0 atom stereocenters. The van der Waals surface area contributed by atoms with Crippen molar-refractivity contribution in [3.05, 3.63) is 127 Å². The van der Waals surface area contributed by atoms with Gasteiger partial charge in [-0.15, -0.1) is 0 Å². The molecule has 0 fully saturated rings. The van der Waals surface area contributed by atoms with Gasteiger partial charge in [0.1, 0.15) is 11.2 Å². The van der Waals surface area contributed by atoms with Crippen LogP contribution >= 0.6 is 0 Å². The highest BCUT2D eigenvalue weighted by Crippen LogP contribution is 2.38. The number of rotatable bonds is 2. The van der Waals surface area contributed by atoms with E-state index in [9.17, 15) is 0 Å². The summed E-state index contributed by atoms with van der Waals surface area (Å²) in [6.45, 7) is 0. The maximum absolute atomic E-state index is 5.34. The van der Waals surface area contributed by atoms with Crippen LogP contribution in [0.2, 0.25) is 0 Å². The summed E-state index contributed by atoms with van der Waals surface area (Å²) in [4.78, 5) is 15.6. The lowest BCUT2D eigenvalue weighted by Crippen LogP contribution is -2.03. The summed E-state index contributed by atoms with van der Waals surface area (Å²) >= 11 is 0. The molecule has 5 nitrogen and oxygen atoms in total. The van der Waals surface area contributed by atoms with Crippen LogP contribution in [0.5, 0.6) is 0 Å². The van der Waals surface area contributed by atoms with Gasteiger partial charge >= 0.3 is 0 Å². The Morgan fingerprint density at radius 1 is 0.425 bits per heavy atom. The highest BCUT2D eigenvalue weighted by atomic mass is 15.2. The third-order valence-electron chi connectivity index (χ3n) is 7.91. The van der Waals surface area contributed by atoms with Gasteiger partial charge in [-0.05, 0) is 23.6 Å². The van der Waals surface area contributed by atoms with Gasteiger partial charge in [-0.25, -0.2) is 15.0 Å². The van der Waals surface area contributed by atoms with E-state index >= 15 is 0 Å². The highest BCUT2D eigenvalue weighted by Gasteiger charge is 2.23. The fourth-order valence-electron chi connectivity index (χ4n) is 6.20. The minimum Gasteiger partial charge on any atom is -0.289 e. The summed E-state index contributed by atoms with van der Waals surface area (Å²) in [7, 11) is 0. The molecule has 9 rings (SSSR count). The molecule has 0 amide bonds. The van der Waals surface area contributed by atoms with E-state index < -0.39 is 0 Å². The van der Waals surface area contributed by atoms with Crippen LogP contribution in [0, 0.1) is 0 Å². The van der Waals surface area contributed by atoms with Crippen LogP contribution in [0.25, 0.3) is 77.5 Å². The quantitative estimate of drug-likeness (QED) is 0.219. The van der Waals surface area contributed by atoms with Crippen LogP contribution in [0.3, 0.4) is 0 Å². The van der Waals surface area contributed by atoms with Crippen molar-refractivity contribution in [2.75, 3.05) is 0 Å². The van der Waals surface area contributed by atoms with Gasteiger partial charge in [0.05, 0.1) is 22.2 Å². The number of fused-ring (bicyclic) bond motifs is 11. The van der Waals surface area contributed by atoms with Gasteiger partial charge in [-0.2, -0.15) is 0 Å². The molecule has 9 aromatic rings. The standard InChI is InChI=1S/C35H21N5/c1-2-12-22(13-3-1)31-26-17-6-9-19-28(26)36-35(37-31)40-30-21-11-8-18-27(30)32-34(40)38-33-25-16-5-4-14-23(25)24-15-7-10-20-29(24)39(32)33/h1-21H. The first-order valence-corrected chi connectivity index (χ1v) is 13.4. The SMILES string of the molecule is c1ccc(-c2nc(-n3c4ccccc4c4c3nc3c5ccccc5c5ccccc5n34)nc3ccccc23)cc1. The molecule has 0 aliphatic carbocycles. The lowest BCUT2D eigenvalue weighted by molar-refractivity contribution is 1.00. The molecule has 0 bridgehead atoms. The molecule has 0 aliphatic heterocycles. The Hall–Kier alpha value is -5.55. The molecule has 0 saturated carbocycles. The summed E-state index contributed by atoms with van der Waals surface area (Å²) in [5, 5.41) is 5.66. The van der Waals surface area contributed by atoms with Gasteiger partial charge in [-0.3, -0.25) is 8.97 Å². The van der Waals surface area contributed by atoms with E-state index in [1.54, 1.807) is 0 Å². The van der Waals surface area contributed by atoms with E-state index in [0.29, 0.717) is 5.95 Å². The summed E-state index contributed by atoms with van der Waals surface area (Å²) in [5.74, 6) is 0.612. The van der Waals surface area contributed by atoms with Crippen molar-refractivity contribution in [3.8, 4) is 17.2 Å². The van der Waals surface area contributed by atoms with Crippen LogP contribution < -0.4 is 0 Å². The maximum atomic E-state index is 5.34. The molecular formula is C35H21N5. The molecule has 40 heavy (non-hydrogen) atoms. The van der Waals surface area contributed by atoms with Crippen LogP contribution in [0.1, 0.15) is 0 Å². The molecule has 0 unspecified atom stereocenters. The molecule has 5 heteroatoms. The molecule has 0 spiro atoms. The predicted octanol–water partition coefficient (Wildman–Crippen LogP) is 8.35. The summed E-state index contributed by atoms with van der Waals surface area (Å²) in [6.07, 6.45) is 0. The number of benzene rings is 5. The zero-order valence-corrected chi connectivity index (χ0v) is 21.4. The highest BCUT2D eigenvalue weighted by molar-refractivity contribution is 6.17. The van der Waals surface area contributed by atoms with Crippen LogP contribution in [0.15, 0.2) is 127 Å². The lowest BCUT2D eigenvalue weighted by Gasteiger charge is -2.11. The monoisotopic (exact) mass is 511 g/mol. The number of para-hydroxylation sites is 3. The van der Waals surface area contributed by atoms with Gasteiger partial charge < -0.3 is 0 Å². The van der Waals surface area contributed by atoms with E-state index in [0.717, 1.165) is 60.8 Å². The number of hydrogen-bond donors (Lipinski definition) is 0. The Morgan fingerprint density at radius 3 is 1.88 bits per heavy atom. The number of imidazole rings is 1. The normalized spacial score (nSPS) is 12.0. The first-order chi connectivity index (χ1) is 19.9. The van der Waals surface area contributed by atoms with Crippen molar-refractivity contribution in [2.24, 2.45) is 0 Å². The van der Waals surface area contributed by atoms with Gasteiger partial charge in [0.2, 0.25) is 5.95 Å². The van der Waals surface area contributed by atoms with Crippen LogP contribution in [-0.2, 0) is 0 Å². The van der Waals surface area contributed by atoms with Crippen molar-refractivity contribution in [3.63, 3.8) is 0 Å². The Balaban J connectivity index is 1.49. The third kappa shape index (κ3) is 2.83. The van der Waals surface area contributed by atoms with Crippen molar-refractivity contribution >= 4 is 60.3 Å². The Morgan fingerprint density at radius 2 is 1.05 bits per heavy atom. The van der Waals surface area contributed by atoms with Gasteiger partial charge in [0, 0.05) is 27.1 Å². The van der Waals surface area contributed by atoms with Gasteiger partial charge in [-0.1, -0.05) is 109 Å². The topological polar surface area (TPSA) is 48.0 Å². The van der Waals surface area contributed by atoms with Gasteiger partial charge in [0.25, 0.3) is 0 Å². The average molecular weight is 512 g/mol. The Kier molecular flexibility index (Phi) is 4.27. The van der Waals surface area contributed by atoms with Crippen LogP contribution in [0.4, 0.5) is 0 Å². The number of aromatic nitrogens is 5. The summed E-state index contributed by atoms with van der Waals surface area (Å²) < 4.78 is 4.44. The molecule has 0 saturated heterocycles. The second-order valence-corrected chi connectivity index (χ2v) is 10.1. The zero-order valence-electron chi connectivity index (χ0n) is 21.4. The van der Waals surface area contributed by atoms with E-state index in [2.05, 4.69) is 106 Å². The van der Waals surface area contributed by atoms with E-state index in [4.69, 9.17) is 15.0 Å². The lowest BCUT2D eigenvalue weighted by atomic mass is 10.1. The van der Waals surface area contributed by atoms with Crippen molar-refractivity contribution in [1.82, 2.24) is 23.9 Å². The molecule has 0 aliphatic rings. The fraction of sp³-hybridized carbons (Fsp3) is 0. The molecule has 186 valence electrons. The van der Waals surface area contributed by atoms with Crippen molar-refractivity contribution < 1.29 is 0 Å². The second kappa shape index (κ2) is 7.98. The molecule has 0 N–H and O–H groups in total. The first-order valence-electron chi connectivity index (χ1n) is 13.4. The van der Waals surface area contributed by atoms with Crippen LogP contribution in [-0.4, -0.2) is 23.9 Å². The molecule has 4 heterocycles. The summed E-state index contributed by atoms with van der Waals surface area (Å²) in [5.41, 5.74) is 7.86. The maximum Gasteiger partial charge on any atom is 0.237 e. The summed E-state index contributed by atoms with van der Waals surface area (Å²) in [6, 6.07) is 44.1. The Labute approximate surface area is 228 Å². The van der Waals surface area contributed by atoms with E-state index in [-0.39, 0.29) is 0 Å². The fourth-order valence-corrected chi connectivity index (χ4v) is 6.20. The van der Waals surface area contributed by atoms with E-state index in [1.807, 2.05) is 30.3 Å². The second-order valence-electron chi connectivity index (χ2n) is 10.1. The average Bonchev–Trinajstić information content (AvgIpc) is 3.56. The third-order valence-corrected chi connectivity index (χ3v) is 7.91. The van der Waals surface area contributed by atoms with Crippen molar-refractivity contribution in [2.45, 2.75) is 0 Å². The van der Waals surface area contributed by atoms with Crippen molar-refractivity contribution in [1.29, 1.82) is 0 Å². The Bertz CT molecular complexity index is 2430. The molecule has 4 aromatic heterocycles. The van der Waals surface area contributed by atoms with Gasteiger partial charge in [0.15, 0.2) is 5.65 Å². The number of hydrogen-bond acceptors (Lipinski definition) is 3. The predicted molar refractivity (Wildman–Crippen MR) is 163 cm³/mol. The smallest absolute Gasteiger partial charge is 0.237 e. The largest absolute Gasteiger partial charge is 0.289 e. The number of pyridine rings is 1. The zero-order chi connectivity index (χ0) is 26.2. The molecular weight excluding hydrogens is 490 g/mol. The first kappa shape index (κ1) is 21.4. The number of nitrogens with zero attached hydrogens (tertiary/aromatic N) is 5. The minimum absolute atomic E-state index is 0.612. The minimum atomic E-state index is 0.612. The molecule has 0 radical (unpaired) electrons.